The van der Waals surface area contributed by atoms with Gasteiger partial charge in [-0.1, -0.05) is 36.2 Å². The molecule has 7 heteroatoms. The summed E-state index contributed by atoms with van der Waals surface area (Å²) in [7, 11) is 1.80. The van der Waals surface area contributed by atoms with E-state index in [0.717, 1.165) is 24.8 Å². The molecule has 2 unspecified atom stereocenters. The molecule has 130 valence electrons. The van der Waals surface area contributed by atoms with Crippen molar-refractivity contribution >= 4 is 29.9 Å². The summed E-state index contributed by atoms with van der Waals surface area (Å²) in [6, 6.07) is 7.57. The Morgan fingerprint density at radius 3 is 2.88 bits per heavy atom. The van der Waals surface area contributed by atoms with Crippen LogP contribution in [0.3, 0.4) is 0 Å². The summed E-state index contributed by atoms with van der Waals surface area (Å²) in [6.07, 6.45) is 4.90. The summed E-state index contributed by atoms with van der Waals surface area (Å²) >= 11 is 6.26. The Morgan fingerprint density at radius 1 is 1.42 bits per heavy atom. The second-order valence-corrected chi connectivity index (χ2v) is 6.46. The first-order valence-corrected chi connectivity index (χ1v) is 8.27. The lowest BCUT2D eigenvalue weighted by Crippen LogP contribution is -2.39. The molecule has 0 bridgehead atoms. The van der Waals surface area contributed by atoms with Crippen molar-refractivity contribution in [3.8, 4) is 11.3 Å². The van der Waals surface area contributed by atoms with Crippen molar-refractivity contribution in [2.75, 3.05) is 6.54 Å². The maximum absolute atomic E-state index is 12.7. The van der Waals surface area contributed by atoms with Crippen LogP contribution >= 0.6 is 24.0 Å². The molecule has 1 aromatic carbocycles. The van der Waals surface area contributed by atoms with E-state index >= 15 is 0 Å². The number of halogens is 2. The van der Waals surface area contributed by atoms with E-state index < -0.39 is 0 Å². The third-order valence-electron chi connectivity index (χ3n) is 4.48. The van der Waals surface area contributed by atoms with Crippen molar-refractivity contribution in [1.29, 1.82) is 0 Å². The second kappa shape index (κ2) is 8.01. The summed E-state index contributed by atoms with van der Waals surface area (Å²) < 4.78 is 1.64. The standard InChI is InChI=1S/C17H21ClN4O.ClH/c1-22-10-13(16(21-22)12-6-2-3-7-14(12)18)17(23)20-15-8-4-5-11(15)9-19;/h2-3,6-7,10-11,15H,4-5,8-9,19H2,1H3,(H,20,23);1H. The van der Waals surface area contributed by atoms with Crippen LogP contribution in [0.5, 0.6) is 0 Å². The lowest BCUT2D eigenvalue weighted by molar-refractivity contribution is 0.0929. The van der Waals surface area contributed by atoms with Crippen molar-refractivity contribution in [3.63, 3.8) is 0 Å². The minimum absolute atomic E-state index is 0. The monoisotopic (exact) mass is 368 g/mol. The molecule has 5 nitrogen and oxygen atoms in total. The molecule has 0 spiro atoms. The largest absolute Gasteiger partial charge is 0.349 e. The fraction of sp³-hybridized carbons (Fsp3) is 0.412. The number of nitrogens with one attached hydrogen (secondary N) is 1. The van der Waals surface area contributed by atoms with Crippen LogP contribution in [0.25, 0.3) is 11.3 Å². The van der Waals surface area contributed by atoms with Gasteiger partial charge in [0.15, 0.2) is 0 Å². The molecular weight excluding hydrogens is 347 g/mol. The average Bonchev–Trinajstić information content (AvgIpc) is 3.14. The summed E-state index contributed by atoms with van der Waals surface area (Å²) in [5.41, 5.74) is 7.72. The Hall–Kier alpha value is -1.56. The highest BCUT2D eigenvalue weighted by Gasteiger charge is 2.29. The zero-order valence-corrected chi connectivity index (χ0v) is 15.1. The molecule has 1 aliphatic rings. The molecule has 1 aliphatic carbocycles. The molecule has 1 saturated carbocycles. The molecule has 1 aromatic heterocycles. The lowest BCUT2D eigenvalue weighted by atomic mass is 10.0. The quantitative estimate of drug-likeness (QED) is 0.870. The van der Waals surface area contributed by atoms with Gasteiger partial charge in [-0.3, -0.25) is 9.48 Å². The highest BCUT2D eigenvalue weighted by molar-refractivity contribution is 6.33. The SMILES string of the molecule is Cl.Cn1cc(C(=O)NC2CCCC2CN)c(-c2ccccc2Cl)n1. The number of hydrogen-bond acceptors (Lipinski definition) is 3. The van der Waals surface area contributed by atoms with E-state index in [0.29, 0.717) is 28.7 Å². The smallest absolute Gasteiger partial charge is 0.255 e. The van der Waals surface area contributed by atoms with Gasteiger partial charge in [0.05, 0.1) is 10.6 Å². The molecule has 1 amide bonds. The number of amides is 1. The molecule has 2 aromatic rings. The second-order valence-electron chi connectivity index (χ2n) is 6.05. The number of carbonyl (C=O) groups is 1. The number of carbonyl (C=O) groups excluding carboxylic acids is 1. The van der Waals surface area contributed by atoms with E-state index in [1.165, 1.54) is 0 Å². The molecule has 0 saturated heterocycles. The Balaban J connectivity index is 0.00000208. The van der Waals surface area contributed by atoms with Crippen molar-refractivity contribution in [1.82, 2.24) is 15.1 Å². The Morgan fingerprint density at radius 2 is 2.17 bits per heavy atom. The van der Waals surface area contributed by atoms with E-state index in [4.69, 9.17) is 17.3 Å². The topological polar surface area (TPSA) is 72.9 Å². The number of nitrogens with two attached hydrogens (primary N) is 1. The molecule has 1 heterocycles. The van der Waals surface area contributed by atoms with Crippen LogP contribution < -0.4 is 11.1 Å². The maximum atomic E-state index is 12.7. The average molecular weight is 369 g/mol. The molecule has 3 rings (SSSR count). The van der Waals surface area contributed by atoms with Gasteiger partial charge in [-0.15, -0.1) is 12.4 Å². The molecule has 24 heavy (non-hydrogen) atoms. The molecule has 0 aliphatic heterocycles. The van der Waals surface area contributed by atoms with E-state index in [9.17, 15) is 4.79 Å². The molecular formula is C17H22Cl2N4O. The minimum atomic E-state index is -0.113. The maximum Gasteiger partial charge on any atom is 0.255 e. The molecule has 0 radical (unpaired) electrons. The number of aryl methyl sites for hydroxylation is 1. The first-order valence-electron chi connectivity index (χ1n) is 7.89. The van der Waals surface area contributed by atoms with Gasteiger partial charge in [0.2, 0.25) is 0 Å². The molecule has 1 fully saturated rings. The number of hydrogen-bond donors (Lipinski definition) is 2. The summed E-state index contributed by atoms with van der Waals surface area (Å²) in [5.74, 6) is 0.248. The van der Waals surface area contributed by atoms with Crippen molar-refractivity contribution in [2.24, 2.45) is 18.7 Å². The van der Waals surface area contributed by atoms with Gasteiger partial charge in [-0.2, -0.15) is 5.10 Å². The zero-order chi connectivity index (χ0) is 16.4. The third kappa shape index (κ3) is 3.74. The number of aromatic nitrogens is 2. The number of rotatable bonds is 4. The van der Waals surface area contributed by atoms with E-state index in [-0.39, 0.29) is 24.4 Å². The Bertz CT molecular complexity index is 716. The van der Waals surface area contributed by atoms with Gasteiger partial charge in [-0.25, -0.2) is 0 Å². The van der Waals surface area contributed by atoms with Crippen molar-refractivity contribution in [3.05, 3.63) is 41.0 Å². The van der Waals surface area contributed by atoms with Gasteiger partial charge in [0, 0.05) is 24.8 Å². The number of nitrogens with zero attached hydrogens (tertiary/aromatic N) is 2. The van der Waals surface area contributed by atoms with Crippen LogP contribution in [0, 0.1) is 5.92 Å². The summed E-state index contributed by atoms with van der Waals surface area (Å²) in [4.78, 5) is 12.7. The van der Waals surface area contributed by atoms with E-state index in [2.05, 4.69) is 10.4 Å². The summed E-state index contributed by atoms with van der Waals surface area (Å²) in [5, 5.41) is 8.13. The predicted molar refractivity (Wildman–Crippen MR) is 98.6 cm³/mol. The lowest BCUT2D eigenvalue weighted by Gasteiger charge is -2.19. The number of benzene rings is 1. The molecule has 3 N–H and O–H groups in total. The minimum Gasteiger partial charge on any atom is -0.349 e. The van der Waals surface area contributed by atoms with Gasteiger partial charge < -0.3 is 11.1 Å². The van der Waals surface area contributed by atoms with Crippen LogP contribution in [-0.2, 0) is 7.05 Å². The van der Waals surface area contributed by atoms with Gasteiger partial charge >= 0.3 is 0 Å². The predicted octanol–water partition coefficient (Wildman–Crippen LogP) is 3.02. The first-order chi connectivity index (χ1) is 11.1. The van der Waals surface area contributed by atoms with Crippen LogP contribution in [0.1, 0.15) is 29.6 Å². The van der Waals surface area contributed by atoms with Crippen molar-refractivity contribution in [2.45, 2.75) is 25.3 Å². The first kappa shape index (κ1) is 18.8. The van der Waals surface area contributed by atoms with Gasteiger partial charge in [0.25, 0.3) is 5.91 Å². The normalized spacial score (nSPS) is 19.8. The van der Waals surface area contributed by atoms with Crippen LogP contribution in [0.15, 0.2) is 30.5 Å². The fourth-order valence-electron chi connectivity index (χ4n) is 3.26. The highest BCUT2D eigenvalue weighted by atomic mass is 35.5. The Kier molecular flexibility index (Phi) is 6.27. The van der Waals surface area contributed by atoms with Gasteiger partial charge in [-0.05, 0) is 31.4 Å². The van der Waals surface area contributed by atoms with Gasteiger partial charge in [0.1, 0.15) is 5.69 Å². The van der Waals surface area contributed by atoms with E-state index in [1.807, 2.05) is 18.2 Å². The molecule has 2 atom stereocenters. The highest BCUT2D eigenvalue weighted by Crippen LogP contribution is 2.30. The van der Waals surface area contributed by atoms with Crippen molar-refractivity contribution < 1.29 is 4.79 Å². The van der Waals surface area contributed by atoms with Crippen LogP contribution in [-0.4, -0.2) is 28.3 Å². The van der Waals surface area contributed by atoms with Crippen LogP contribution in [0.4, 0.5) is 0 Å². The summed E-state index contributed by atoms with van der Waals surface area (Å²) in [6.45, 7) is 0.607. The Labute approximate surface area is 153 Å². The zero-order valence-electron chi connectivity index (χ0n) is 13.5. The van der Waals surface area contributed by atoms with E-state index in [1.54, 1.807) is 24.0 Å². The fourth-order valence-corrected chi connectivity index (χ4v) is 3.49. The third-order valence-corrected chi connectivity index (χ3v) is 4.81. The van der Waals surface area contributed by atoms with Crippen LogP contribution in [0.2, 0.25) is 5.02 Å².